The second-order valence-electron chi connectivity index (χ2n) is 2.52. The molecular formula is C10H12FN. The Morgan fingerprint density at radius 3 is 2.83 bits per heavy atom. The van der Waals surface area contributed by atoms with E-state index < -0.39 is 0 Å². The predicted molar refractivity (Wildman–Crippen MR) is 49.6 cm³/mol. The zero-order chi connectivity index (χ0) is 8.97. The van der Waals surface area contributed by atoms with E-state index in [0.29, 0.717) is 6.42 Å². The minimum Gasteiger partial charge on any atom is -0.262 e. The summed E-state index contributed by atoms with van der Waals surface area (Å²) < 4.78 is 13.0. The van der Waals surface area contributed by atoms with E-state index in [9.17, 15) is 4.39 Å². The molecule has 1 rings (SSSR count). The number of nitrogens with zero attached hydrogens (tertiary/aromatic N) is 1. The normalized spacial score (nSPS) is 10.9. The molecule has 0 spiro atoms. The minimum atomic E-state index is -0.146. The molecule has 0 fully saturated rings. The van der Waals surface area contributed by atoms with Crippen molar-refractivity contribution in [2.75, 3.05) is 0 Å². The van der Waals surface area contributed by atoms with Crippen molar-refractivity contribution in [3.05, 3.63) is 29.6 Å². The second-order valence-corrected chi connectivity index (χ2v) is 2.52. The maximum atomic E-state index is 13.0. The summed E-state index contributed by atoms with van der Waals surface area (Å²) in [5, 5.41) is 0. The fourth-order valence-electron chi connectivity index (χ4n) is 1.06. The highest BCUT2D eigenvalue weighted by atomic mass is 19.1. The topological polar surface area (TPSA) is 12.4 Å². The smallest absolute Gasteiger partial charge is 0.126 e. The maximum absolute atomic E-state index is 13.0. The first-order chi connectivity index (χ1) is 5.77. The summed E-state index contributed by atoms with van der Waals surface area (Å²) in [6, 6.07) is 4.91. The van der Waals surface area contributed by atoms with E-state index >= 15 is 0 Å². The van der Waals surface area contributed by atoms with Gasteiger partial charge in [-0.1, -0.05) is 6.92 Å². The molecule has 12 heavy (non-hydrogen) atoms. The lowest BCUT2D eigenvalue weighted by Gasteiger charge is -1.99. The van der Waals surface area contributed by atoms with Crippen LogP contribution in [0.1, 0.15) is 19.4 Å². The molecule has 0 saturated carbocycles. The molecule has 0 unspecified atom stereocenters. The Kier molecular flexibility index (Phi) is 2.97. The van der Waals surface area contributed by atoms with Crippen molar-refractivity contribution < 1.29 is 4.39 Å². The van der Waals surface area contributed by atoms with Gasteiger partial charge in [-0.2, -0.15) is 0 Å². The summed E-state index contributed by atoms with van der Waals surface area (Å²) in [4.78, 5) is 4.06. The number of rotatable bonds is 2. The van der Waals surface area contributed by atoms with Gasteiger partial charge in [0.05, 0.1) is 5.69 Å². The molecule has 0 atom stereocenters. The highest BCUT2D eigenvalue weighted by molar-refractivity contribution is 5.60. The quantitative estimate of drug-likeness (QED) is 0.597. The molecule has 0 aliphatic rings. The third-order valence-corrected chi connectivity index (χ3v) is 1.69. The molecule has 0 N–H and O–H groups in total. The average molecular weight is 165 g/mol. The van der Waals surface area contributed by atoms with Crippen LogP contribution in [-0.4, -0.2) is 6.21 Å². The molecule has 0 saturated heterocycles. The SMILES string of the molecule is C/C=N\c1ccc(F)c(CC)c1. The van der Waals surface area contributed by atoms with Crippen LogP contribution in [0, 0.1) is 5.82 Å². The van der Waals surface area contributed by atoms with Crippen LogP contribution in [0.2, 0.25) is 0 Å². The summed E-state index contributed by atoms with van der Waals surface area (Å²) in [6.07, 6.45) is 2.41. The standard InChI is InChI=1S/C10H12FN/c1-3-8-7-9(12-4-2)5-6-10(8)11/h4-7H,3H2,1-2H3/b12-4-. The lowest BCUT2D eigenvalue weighted by atomic mass is 10.1. The van der Waals surface area contributed by atoms with Crippen molar-refractivity contribution in [1.82, 2.24) is 0 Å². The van der Waals surface area contributed by atoms with Crippen molar-refractivity contribution in [2.45, 2.75) is 20.3 Å². The predicted octanol–water partition coefficient (Wildman–Crippen LogP) is 3.11. The van der Waals surface area contributed by atoms with E-state index in [2.05, 4.69) is 4.99 Å². The molecule has 0 aliphatic carbocycles. The second kappa shape index (κ2) is 4.00. The van der Waals surface area contributed by atoms with Gasteiger partial charge in [-0.15, -0.1) is 0 Å². The molecule has 1 nitrogen and oxygen atoms in total. The first-order valence-corrected chi connectivity index (χ1v) is 4.05. The molecule has 0 amide bonds. The van der Waals surface area contributed by atoms with E-state index in [-0.39, 0.29) is 5.82 Å². The molecule has 0 heterocycles. The van der Waals surface area contributed by atoms with E-state index in [0.717, 1.165) is 11.3 Å². The Hall–Kier alpha value is -1.18. The van der Waals surface area contributed by atoms with Crippen molar-refractivity contribution >= 4 is 11.9 Å². The van der Waals surface area contributed by atoms with Crippen LogP contribution in [0.3, 0.4) is 0 Å². The van der Waals surface area contributed by atoms with Crippen LogP contribution < -0.4 is 0 Å². The van der Waals surface area contributed by atoms with Crippen LogP contribution >= 0.6 is 0 Å². The van der Waals surface area contributed by atoms with Crippen molar-refractivity contribution in [3.8, 4) is 0 Å². The number of benzene rings is 1. The lowest BCUT2D eigenvalue weighted by Crippen LogP contribution is -1.85. The van der Waals surface area contributed by atoms with E-state index in [1.165, 1.54) is 6.07 Å². The van der Waals surface area contributed by atoms with E-state index in [1.807, 2.05) is 13.8 Å². The Morgan fingerprint density at radius 2 is 2.25 bits per heavy atom. The third-order valence-electron chi connectivity index (χ3n) is 1.69. The summed E-state index contributed by atoms with van der Waals surface area (Å²) in [5.74, 6) is -0.146. The summed E-state index contributed by atoms with van der Waals surface area (Å²) in [7, 11) is 0. The van der Waals surface area contributed by atoms with Crippen LogP contribution in [0.5, 0.6) is 0 Å². The third kappa shape index (κ3) is 1.91. The summed E-state index contributed by atoms with van der Waals surface area (Å²) in [6.45, 7) is 3.77. The molecule has 0 aliphatic heterocycles. The molecule has 0 radical (unpaired) electrons. The fraction of sp³-hybridized carbons (Fsp3) is 0.300. The zero-order valence-electron chi connectivity index (χ0n) is 7.34. The van der Waals surface area contributed by atoms with Gasteiger partial charge in [-0.05, 0) is 37.1 Å². The first kappa shape index (κ1) is 8.91. The fourth-order valence-corrected chi connectivity index (χ4v) is 1.06. The molecular weight excluding hydrogens is 153 g/mol. The number of aryl methyl sites for hydroxylation is 1. The minimum absolute atomic E-state index is 0.146. The Labute approximate surface area is 72.0 Å². The van der Waals surface area contributed by atoms with Crippen LogP contribution in [0.25, 0.3) is 0 Å². The maximum Gasteiger partial charge on any atom is 0.126 e. The van der Waals surface area contributed by atoms with Crippen molar-refractivity contribution in [1.29, 1.82) is 0 Å². The van der Waals surface area contributed by atoms with Gasteiger partial charge < -0.3 is 0 Å². The highest BCUT2D eigenvalue weighted by Crippen LogP contribution is 2.17. The van der Waals surface area contributed by atoms with Crippen LogP contribution in [-0.2, 0) is 6.42 Å². The van der Waals surface area contributed by atoms with Gasteiger partial charge in [-0.3, -0.25) is 4.99 Å². The van der Waals surface area contributed by atoms with Gasteiger partial charge in [0.2, 0.25) is 0 Å². The van der Waals surface area contributed by atoms with Crippen molar-refractivity contribution in [3.63, 3.8) is 0 Å². The summed E-state index contributed by atoms with van der Waals surface area (Å²) in [5.41, 5.74) is 1.54. The Bertz CT molecular complexity index is 292. The molecule has 0 aromatic heterocycles. The highest BCUT2D eigenvalue weighted by Gasteiger charge is 1.99. The van der Waals surface area contributed by atoms with Gasteiger partial charge >= 0.3 is 0 Å². The zero-order valence-corrected chi connectivity index (χ0v) is 7.34. The summed E-state index contributed by atoms with van der Waals surface area (Å²) >= 11 is 0. The largest absolute Gasteiger partial charge is 0.262 e. The Morgan fingerprint density at radius 1 is 1.50 bits per heavy atom. The molecule has 2 heteroatoms. The van der Waals surface area contributed by atoms with E-state index in [1.54, 1.807) is 18.3 Å². The average Bonchev–Trinajstić information content (AvgIpc) is 2.09. The Balaban J connectivity index is 3.05. The lowest BCUT2D eigenvalue weighted by molar-refractivity contribution is 0.612. The van der Waals surface area contributed by atoms with Crippen molar-refractivity contribution in [2.24, 2.45) is 4.99 Å². The molecule has 1 aromatic carbocycles. The van der Waals surface area contributed by atoms with E-state index in [4.69, 9.17) is 0 Å². The van der Waals surface area contributed by atoms with Gasteiger partial charge in [0.25, 0.3) is 0 Å². The number of halogens is 1. The molecule has 0 bridgehead atoms. The number of hydrogen-bond acceptors (Lipinski definition) is 1. The first-order valence-electron chi connectivity index (χ1n) is 4.05. The van der Waals surface area contributed by atoms with Gasteiger partial charge in [-0.25, -0.2) is 4.39 Å². The van der Waals surface area contributed by atoms with Gasteiger partial charge in [0.15, 0.2) is 0 Å². The molecule has 1 aromatic rings. The van der Waals surface area contributed by atoms with Gasteiger partial charge in [0, 0.05) is 6.21 Å². The monoisotopic (exact) mass is 165 g/mol. The van der Waals surface area contributed by atoms with Crippen LogP contribution in [0.4, 0.5) is 10.1 Å². The number of hydrogen-bond donors (Lipinski definition) is 0. The van der Waals surface area contributed by atoms with Crippen LogP contribution in [0.15, 0.2) is 23.2 Å². The van der Waals surface area contributed by atoms with Gasteiger partial charge in [0.1, 0.15) is 5.82 Å². The molecule has 64 valence electrons. The number of aliphatic imine (C=N–C) groups is 1.